The average molecular weight is 366 g/mol. The van der Waals surface area contributed by atoms with Crippen LogP contribution in [-0.4, -0.2) is 30.0 Å². The van der Waals surface area contributed by atoms with Gasteiger partial charge in [-0.15, -0.1) is 4.79 Å². The molecule has 0 N–H and O–H groups in total. The molecule has 0 aromatic heterocycles. The van der Waals surface area contributed by atoms with Crippen molar-refractivity contribution in [1.29, 1.82) is 0 Å². The summed E-state index contributed by atoms with van der Waals surface area (Å²) in [5.74, 6) is -1.11. The van der Waals surface area contributed by atoms with Crippen molar-refractivity contribution >= 4 is 26.6 Å². The minimum Gasteiger partial charge on any atom is -0.426 e. The molecule has 0 saturated heterocycles. The van der Waals surface area contributed by atoms with Crippen molar-refractivity contribution in [2.75, 3.05) is 0 Å². The molecule has 0 saturated carbocycles. The monoisotopic (exact) mass is 366 g/mol. The fourth-order valence-electron chi connectivity index (χ4n) is 1.60. The molecule has 1 aromatic rings. The number of carbonyl (C=O) groups excluding carboxylic acids is 2. The Labute approximate surface area is 147 Å². The molecule has 0 aliphatic carbocycles. The maximum absolute atomic E-state index is 12.5. The van der Waals surface area contributed by atoms with E-state index in [0.29, 0.717) is 0 Å². The van der Waals surface area contributed by atoms with Crippen molar-refractivity contribution in [3.8, 4) is 5.75 Å². The van der Waals surface area contributed by atoms with Gasteiger partial charge in [-0.2, -0.15) is 0 Å². The summed E-state index contributed by atoms with van der Waals surface area (Å²) >= 11 is 0. The summed E-state index contributed by atoms with van der Waals surface area (Å²) in [6.07, 6.45) is 0. The van der Waals surface area contributed by atoms with Crippen LogP contribution in [0.4, 0.5) is 0 Å². The van der Waals surface area contributed by atoms with Crippen LogP contribution in [0.2, 0.25) is 0 Å². The van der Waals surface area contributed by atoms with Crippen LogP contribution >= 0.6 is 0 Å². The molecule has 0 atom stereocenters. The van der Waals surface area contributed by atoms with Crippen molar-refractivity contribution in [2.45, 2.75) is 46.4 Å². The summed E-state index contributed by atoms with van der Waals surface area (Å²) in [6.45, 7) is 9.63. The predicted octanol–water partition coefficient (Wildman–Crippen LogP) is 2.66. The number of rotatable bonds is 3. The molecular formula is C17H22N2O5S. The van der Waals surface area contributed by atoms with Crippen LogP contribution in [-0.2, 0) is 19.4 Å². The third kappa shape index (κ3) is 4.84. The van der Waals surface area contributed by atoms with Crippen LogP contribution in [0.5, 0.6) is 5.75 Å². The molecular weight excluding hydrogens is 344 g/mol. The van der Waals surface area contributed by atoms with Gasteiger partial charge < -0.3 is 10.3 Å². The first kappa shape index (κ1) is 20.7. The van der Waals surface area contributed by atoms with Crippen molar-refractivity contribution in [3.63, 3.8) is 0 Å². The topological polar surface area (TPSA) is 114 Å². The summed E-state index contributed by atoms with van der Waals surface area (Å²) in [5, 5.41) is -0.931. The second kappa shape index (κ2) is 6.90. The third-order valence-electron chi connectivity index (χ3n) is 3.18. The van der Waals surface area contributed by atoms with E-state index < -0.39 is 37.5 Å². The van der Waals surface area contributed by atoms with Crippen LogP contribution in [0, 0.1) is 10.8 Å². The maximum atomic E-state index is 12.5. The van der Waals surface area contributed by atoms with Gasteiger partial charge >= 0.3 is 11.0 Å². The van der Waals surface area contributed by atoms with Gasteiger partial charge in [0.25, 0.3) is 15.6 Å². The number of Topliss-reactive ketones (excluding diaryl/α,β-unsaturated/α-hetero) is 1. The number of ketones is 1. The molecule has 8 heteroatoms. The standard InChI is InChI=1S/C17H22N2O5S/c1-16(2,3)13(20)14(19-18)25(22,23)12-9-7-11(8-10-12)24-15(21)17(4,5)6/h7-10H,1-6H3. The molecule has 0 bridgehead atoms. The third-order valence-corrected chi connectivity index (χ3v) is 4.85. The fourth-order valence-corrected chi connectivity index (χ4v) is 2.98. The minimum atomic E-state index is -4.30. The van der Waals surface area contributed by atoms with E-state index >= 15 is 0 Å². The van der Waals surface area contributed by atoms with Gasteiger partial charge in [0.1, 0.15) is 5.75 Å². The molecule has 0 radical (unpaired) electrons. The molecule has 1 rings (SSSR count). The van der Waals surface area contributed by atoms with Gasteiger partial charge in [-0.05, 0) is 45.0 Å². The second-order valence-electron chi connectivity index (χ2n) is 7.60. The molecule has 25 heavy (non-hydrogen) atoms. The van der Waals surface area contributed by atoms with Gasteiger partial charge in [-0.25, -0.2) is 8.42 Å². The quantitative estimate of drug-likeness (QED) is 0.204. The lowest BCUT2D eigenvalue weighted by atomic mass is 9.91. The SMILES string of the molecule is CC(C)(C)C(=O)Oc1ccc(S(=O)(=O)C(=[N+]=[N-])C(=O)C(C)(C)C)cc1. The Morgan fingerprint density at radius 1 is 0.960 bits per heavy atom. The number of hydrogen-bond donors (Lipinski definition) is 0. The summed E-state index contributed by atoms with van der Waals surface area (Å²) < 4.78 is 30.2. The summed E-state index contributed by atoms with van der Waals surface area (Å²) in [5.41, 5.74) is 7.30. The van der Waals surface area contributed by atoms with Gasteiger partial charge in [0.15, 0.2) is 0 Å². The van der Waals surface area contributed by atoms with E-state index in [1.165, 1.54) is 45.0 Å². The zero-order valence-electron chi connectivity index (χ0n) is 15.2. The zero-order chi connectivity index (χ0) is 19.6. The maximum Gasteiger partial charge on any atom is 0.452 e. The fraction of sp³-hybridized carbons (Fsp3) is 0.471. The lowest BCUT2D eigenvalue weighted by Crippen LogP contribution is -2.34. The number of ether oxygens (including phenoxy) is 1. The van der Waals surface area contributed by atoms with Crippen LogP contribution in [0.1, 0.15) is 41.5 Å². The molecule has 136 valence electrons. The van der Waals surface area contributed by atoms with E-state index in [4.69, 9.17) is 10.3 Å². The highest BCUT2D eigenvalue weighted by Gasteiger charge is 2.43. The zero-order valence-corrected chi connectivity index (χ0v) is 16.0. The molecule has 0 aliphatic heterocycles. The van der Waals surface area contributed by atoms with Gasteiger partial charge in [-0.1, -0.05) is 20.8 Å². The number of esters is 1. The van der Waals surface area contributed by atoms with Crippen LogP contribution in [0.15, 0.2) is 29.2 Å². The Bertz CT molecular complexity index is 835. The predicted molar refractivity (Wildman–Crippen MR) is 91.8 cm³/mol. The van der Waals surface area contributed by atoms with E-state index in [2.05, 4.69) is 4.79 Å². The summed E-state index contributed by atoms with van der Waals surface area (Å²) in [7, 11) is -4.30. The molecule has 1 aromatic carbocycles. The Morgan fingerprint density at radius 3 is 1.80 bits per heavy atom. The summed E-state index contributed by atoms with van der Waals surface area (Å²) in [4.78, 5) is 26.5. The van der Waals surface area contributed by atoms with Gasteiger partial charge in [0.05, 0.1) is 10.3 Å². The summed E-state index contributed by atoms with van der Waals surface area (Å²) in [6, 6.07) is 4.96. The highest BCUT2D eigenvalue weighted by atomic mass is 32.2. The smallest absolute Gasteiger partial charge is 0.426 e. The van der Waals surface area contributed by atoms with Crippen LogP contribution < -0.4 is 4.74 Å². The first-order valence-electron chi connectivity index (χ1n) is 7.55. The molecule has 7 nitrogen and oxygen atoms in total. The molecule has 0 amide bonds. The van der Waals surface area contributed by atoms with E-state index in [-0.39, 0.29) is 10.6 Å². The largest absolute Gasteiger partial charge is 0.452 e. The lowest BCUT2D eigenvalue weighted by molar-refractivity contribution is -0.143. The van der Waals surface area contributed by atoms with E-state index in [1.807, 2.05) is 0 Å². The van der Waals surface area contributed by atoms with Gasteiger partial charge in [0, 0.05) is 5.41 Å². The number of nitrogens with zero attached hydrogens (tertiary/aromatic N) is 2. The highest BCUT2D eigenvalue weighted by Crippen LogP contribution is 2.24. The highest BCUT2D eigenvalue weighted by molar-refractivity contribution is 8.08. The molecule has 0 aliphatic rings. The van der Waals surface area contributed by atoms with Gasteiger partial charge in [0.2, 0.25) is 0 Å². The molecule has 0 fully saturated rings. The number of hydrogen-bond acceptors (Lipinski definition) is 5. The van der Waals surface area contributed by atoms with Crippen molar-refractivity contribution in [2.24, 2.45) is 10.8 Å². The van der Waals surface area contributed by atoms with E-state index in [1.54, 1.807) is 20.8 Å². The Morgan fingerprint density at radius 2 is 1.44 bits per heavy atom. The lowest BCUT2D eigenvalue weighted by Gasteiger charge is -2.16. The second-order valence-corrected chi connectivity index (χ2v) is 9.46. The van der Waals surface area contributed by atoms with Gasteiger partial charge in [-0.3, -0.25) is 9.59 Å². The van der Waals surface area contributed by atoms with Crippen LogP contribution in [0.3, 0.4) is 0 Å². The molecule has 0 heterocycles. The minimum absolute atomic E-state index is 0.170. The Balaban J connectivity index is 3.19. The Kier molecular flexibility index (Phi) is 5.72. The molecule has 0 spiro atoms. The average Bonchev–Trinajstić information content (AvgIpc) is 2.46. The van der Waals surface area contributed by atoms with Crippen molar-refractivity contribution in [3.05, 3.63) is 29.8 Å². The van der Waals surface area contributed by atoms with Crippen molar-refractivity contribution < 1.29 is 27.5 Å². The number of carbonyl (C=O) groups is 2. The number of sulfone groups is 1. The number of benzene rings is 1. The first-order chi connectivity index (χ1) is 11.2. The Hall–Kier alpha value is -2.31. The first-order valence-corrected chi connectivity index (χ1v) is 9.04. The normalized spacial score (nSPS) is 12.2. The van der Waals surface area contributed by atoms with E-state index in [9.17, 15) is 18.0 Å². The van der Waals surface area contributed by atoms with E-state index in [0.717, 1.165) is 0 Å². The van der Waals surface area contributed by atoms with Crippen LogP contribution in [0.25, 0.3) is 5.53 Å². The molecule has 0 unspecified atom stereocenters. The van der Waals surface area contributed by atoms with Crippen molar-refractivity contribution in [1.82, 2.24) is 0 Å².